The van der Waals surface area contributed by atoms with E-state index >= 15 is 0 Å². The molecule has 2 saturated heterocycles. The molecule has 3 heterocycles. The zero-order chi connectivity index (χ0) is 12.5. The van der Waals surface area contributed by atoms with Crippen molar-refractivity contribution in [3.63, 3.8) is 0 Å². The maximum absolute atomic E-state index is 12.6. The molecule has 5 nitrogen and oxygen atoms in total. The Hall–Kier alpha value is -1.69. The van der Waals surface area contributed by atoms with E-state index in [2.05, 4.69) is 15.6 Å². The Labute approximate surface area is 104 Å². The molecular formula is C12H14FN3O2. The Morgan fingerprint density at radius 1 is 1.44 bits per heavy atom. The number of rotatable bonds is 2. The standard InChI is InChI=1S/C12H14FN3O2/c13-7-1-4-11(14-6-7)16-12(17)15-9-5-8-2-3-10(9)18-8/h1,4,6,8-10H,2-3,5H2,(H2,14,15,16,17)/t8-,9-,10-/m1/s1. The van der Waals surface area contributed by atoms with Crippen molar-refractivity contribution in [1.29, 1.82) is 0 Å². The molecule has 2 bridgehead atoms. The van der Waals surface area contributed by atoms with E-state index in [0.717, 1.165) is 25.5 Å². The van der Waals surface area contributed by atoms with E-state index in [4.69, 9.17) is 4.74 Å². The van der Waals surface area contributed by atoms with Gasteiger partial charge in [-0.3, -0.25) is 5.32 Å². The molecule has 2 N–H and O–H groups in total. The summed E-state index contributed by atoms with van der Waals surface area (Å²) in [5, 5.41) is 5.44. The summed E-state index contributed by atoms with van der Waals surface area (Å²) < 4.78 is 18.3. The van der Waals surface area contributed by atoms with Crippen LogP contribution in [0.3, 0.4) is 0 Å². The summed E-state index contributed by atoms with van der Waals surface area (Å²) in [5.74, 6) is -0.0968. The van der Waals surface area contributed by atoms with Gasteiger partial charge in [0, 0.05) is 0 Å². The minimum atomic E-state index is -0.428. The fourth-order valence-corrected chi connectivity index (χ4v) is 2.56. The molecule has 0 aromatic carbocycles. The average molecular weight is 251 g/mol. The van der Waals surface area contributed by atoms with Gasteiger partial charge in [-0.1, -0.05) is 0 Å². The van der Waals surface area contributed by atoms with E-state index < -0.39 is 5.82 Å². The Kier molecular flexibility index (Phi) is 2.87. The van der Waals surface area contributed by atoms with Crippen molar-refractivity contribution in [3.05, 3.63) is 24.1 Å². The van der Waals surface area contributed by atoms with Crippen LogP contribution in [0.5, 0.6) is 0 Å². The highest BCUT2D eigenvalue weighted by Crippen LogP contribution is 2.34. The molecule has 0 saturated carbocycles. The largest absolute Gasteiger partial charge is 0.373 e. The van der Waals surface area contributed by atoms with Crippen LogP contribution >= 0.6 is 0 Å². The van der Waals surface area contributed by atoms with Gasteiger partial charge < -0.3 is 10.1 Å². The monoisotopic (exact) mass is 251 g/mol. The molecule has 3 atom stereocenters. The summed E-state index contributed by atoms with van der Waals surface area (Å²) >= 11 is 0. The molecule has 0 spiro atoms. The van der Waals surface area contributed by atoms with Gasteiger partial charge in [-0.25, -0.2) is 14.2 Å². The molecule has 1 aromatic rings. The molecule has 0 aliphatic carbocycles. The number of ether oxygens (including phenoxy) is 1. The summed E-state index contributed by atoms with van der Waals surface area (Å²) in [6.07, 6.45) is 4.46. The molecule has 0 radical (unpaired) electrons. The Morgan fingerprint density at radius 3 is 2.94 bits per heavy atom. The first-order valence-corrected chi connectivity index (χ1v) is 6.05. The van der Waals surface area contributed by atoms with Crippen LogP contribution in [0.4, 0.5) is 15.0 Å². The number of amides is 2. The maximum atomic E-state index is 12.6. The molecule has 0 unspecified atom stereocenters. The number of urea groups is 1. The van der Waals surface area contributed by atoms with Gasteiger partial charge in [-0.2, -0.15) is 0 Å². The fourth-order valence-electron chi connectivity index (χ4n) is 2.56. The van der Waals surface area contributed by atoms with Crippen LogP contribution in [0.1, 0.15) is 19.3 Å². The number of hydrogen-bond donors (Lipinski definition) is 2. The van der Waals surface area contributed by atoms with Gasteiger partial charge in [0.05, 0.1) is 24.4 Å². The molecule has 2 aliphatic heterocycles. The Balaban J connectivity index is 1.54. The lowest BCUT2D eigenvalue weighted by molar-refractivity contribution is 0.0984. The summed E-state index contributed by atoms with van der Waals surface area (Å²) in [4.78, 5) is 15.5. The van der Waals surface area contributed by atoms with E-state index in [1.807, 2.05) is 0 Å². The first kappa shape index (κ1) is 11.4. The van der Waals surface area contributed by atoms with Crippen molar-refractivity contribution in [2.75, 3.05) is 5.32 Å². The SMILES string of the molecule is O=C(Nc1ccc(F)cn1)N[C@@H]1C[C@H]2CC[C@H]1O2. The van der Waals surface area contributed by atoms with Crippen molar-refractivity contribution in [2.24, 2.45) is 0 Å². The van der Waals surface area contributed by atoms with Gasteiger partial charge in [0.2, 0.25) is 0 Å². The van der Waals surface area contributed by atoms with Gasteiger partial charge in [-0.05, 0) is 31.4 Å². The fraction of sp³-hybridized carbons (Fsp3) is 0.500. The van der Waals surface area contributed by atoms with Gasteiger partial charge in [0.25, 0.3) is 0 Å². The third-order valence-electron chi connectivity index (χ3n) is 3.39. The predicted octanol–water partition coefficient (Wildman–Crippen LogP) is 1.66. The maximum Gasteiger partial charge on any atom is 0.320 e. The summed E-state index contributed by atoms with van der Waals surface area (Å²) in [6, 6.07) is 2.43. The summed E-state index contributed by atoms with van der Waals surface area (Å²) in [6.45, 7) is 0. The average Bonchev–Trinajstić information content (AvgIpc) is 2.94. The van der Waals surface area contributed by atoms with Crippen molar-refractivity contribution in [2.45, 2.75) is 37.5 Å². The molecule has 6 heteroatoms. The molecule has 1 aromatic heterocycles. The Morgan fingerprint density at radius 2 is 2.33 bits per heavy atom. The highest BCUT2D eigenvalue weighted by Gasteiger charge is 2.41. The minimum Gasteiger partial charge on any atom is -0.373 e. The number of carbonyl (C=O) groups excluding carboxylic acids is 1. The number of anilines is 1. The van der Waals surface area contributed by atoms with Crippen LogP contribution in [-0.4, -0.2) is 29.3 Å². The number of aromatic nitrogens is 1. The molecule has 2 fully saturated rings. The lowest BCUT2D eigenvalue weighted by atomic mass is 9.96. The quantitative estimate of drug-likeness (QED) is 0.840. The van der Waals surface area contributed by atoms with Gasteiger partial charge in [0.1, 0.15) is 11.6 Å². The lowest BCUT2D eigenvalue weighted by Crippen LogP contribution is -2.43. The van der Waals surface area contributed by atoms with Crippen molar-refractivity contribution in [3.8, 4) is 0 Å². The first-order valence-electron chi connectivity index (χ1n) is 6.05. The van der Waals surface area contributed by atoms with Crippen LogP contribution in [0, 0.1) is 5.82 Å². The second kappa shape index (κ2) is 4.53. The predicted molar refractivity (Wildman–Crippen MR) is 62.6 cm³/mol. The minimum absolute atomic E-state index is 0.0733. The number of carbonyl (C=O) groups is 1. The molecule has 2 amide bonds. The van der Waals surface area contributed by atoms with E-state index in [0.29, 0.717) is 11.9 Å². The van der Waals surface area contributed by atoms with Crippen LogP contribution in [0.15, 0.2) is 18.3 Å². The van der Waals surface area contributed by atoms with Crippen LogP contribution < -0.4 is 10.6 Å². The number of halogens is 1. The number of pyridine rings is 1. The second-order valence-electron chi connectivity index (χ2n) is 4.68. The second-order valence-corrected chi connectivity index (χ2v) is 4.68. The van der Waals surface area contributed by atoms with Crippen LogP contribution in [-0.2, 0) is 4.74 Å². The van der Waals surface area contributed by atoms with Crippen LogP contribution in [0.25, 0.3) is 0 Å². The highest BCUT2D eigenvalue weighted by atomic mass is 19.1. The summed E-state index contributed by atoms with van der Waals surface area (Å²) in [7, 11) is 0. The third-order valence-corrected chi connectivity index (χ3v) is 3.39. The third kappa shape index (κ3) is 2.28. The van der Waals surface area contributed by atoms with Crippen molar-refractivity contribution in [1.82, 2.24) is 10.3 Å². The molecule has 2 aliphatic rings. The highest BCUT2D eigenvalue weighted by molar-refractivity contribution is 5.88. The molecular weight excluding hydrogens is 237 g/mol. The molecule has 96 valence electrons. The summed E-state index contributed by atoms with van der Waals surface area (Å²) in [5.41, 5.74) is 0. The van der Waals surface area contributed by atoms with E-state index in [1.54, 1.807) is 0 Å². The zero-order valence-corrected chi connectivity index (χ0v) is 9.73. The molecule has 18 heavy (non-hydrogen) atoms. The van der Waals surface area contributed by atoms with Gasteiger partial charge in [-0.15, -0.1) is 0 Å². The van der Waals surface area contributed by atoms with Crippen LogP contribution in [0.2, 0.25) is 0 Å². The molecule has 3 rings (SSSR count). The number of fused-ring (bicyclic) bond motifs is 2. The smallest absolute Gasteiger partial charge is 0.320 e. The zero-order valence-electron chi connectivity index (χ0n) is 9.73. The van der Waals surface area contributed by atoms with Crippen molar-refractivity contribution < 1.29 is 13.9 Å². The first-order chi connectivity index (χ1) is 8.70. The van der Waals surface area contributed by atoms with Gasteiger partial charge >= 0.3 is 6.03 Å². The van der Waals surface area contributed by atoms with Crippen molar-refractivity contribution >= 4 is 11.8 Å². The lowest BCUT2D eigenvalue weighted by Gasteiger charge is -2.20. The van der Waals surface area contributed by atoms with E-state index in [9.17, 15) is 9.18 Å². The van der Waals surface area contributed by atoms with E-state index in [1.165, 1.54) is 12.1 Å². The van der Waals surface area contributed by atoms with E-state index in [-0.39, 0.29) is 18.2 Å². The number of nitrogens with zero attached hydrogens (tertiary/aromatic N) is 1. The topological polar surface area (TPSA) is 63.2 Å². The number of nitrogens with one attached hydrogen (secondary N) is 2. The normalized spacial score (nSPS) is 29.3. The van der Waals surface area contributed by atoms with Gasteiger partial charge in [0.15, 0.2) is 0 Å². The number of hydrogen-bond acceptors (Lipinski definition) is 3. The Bertz CT molecular complexity index is 451.